The third kappa shape index (κ3) is 5.26. The average molecular weight is 350 g/mol. The van der Waals surface area contributed by atoms with Crippen LogP contribution in [0.15, 0.2) is 29.2 Å². The molecule has 22 heavy (non-hydrogen) atoms. The van der Waals surface area contributed by atoms with Crippen molar-refractivity contribution in [3.63, 3.8) is 0 Å². The van der Waals surface area contributed by atoms with Crippen LogP contribution in [0.4, 0.5) is 5.69 Å². The van der Waals surface area contributed by atoms with E-state index in [2.05, 4.69) is 9.05 Å². The van der Waals surface area contributed by atoms with Crippen LogP contribution in [0, 0.1) is 10.1 Å². The minimum absolute atomic E-state index is 0.194. The van der Waals surface area contributed by atoms with Crippen LogP contribution >= 0.6 is 19.6 Å². The van der Waals surface area contributed by atoms with Crippen molar-refractivity contribution in [3.8, 4) is 0 Å². The van der Waals surface area contributed by atoms with Crippen molar-refractivity contribution in [3.05, 3.63) is 34.4 Å². The molecule has 1 aliphatic heterocycles. The summed E-state index contributed by atoms with van der Waals surface area (Å²) in [7, 11) is -4.02. The number of hydrogen-bond acceptors (Lipinski definition) is 7. The molecule has 10 heteroatoms. The summed E-state index contributed by atoms with van der Waals surface area (Å²) in [5, 5.41) is 10.6. The summed E-state index contributed by atoms with van der Waals surface area (Å²) in [6.07, 6.45) is 2.24. The zero-order valence-corrected chi connectivity index (χ0v) is 14.0. The second kappa shape index (κ2) is 7.94. The minimum atomic E-state index is -4.02. The summed E-state index contributed by atoms with van der Waals surface area (Å²) < 4.78 is 19.5. The minimum Gasteiger partial charge on any atom is -0.399 e. The molecule has 1 saturated heterocycles. The van der Waals surface area contributed by atoms with Crippen LogP contribution in [0.5, 0.6) is 0 Å². The second-order valence-corrected chi connectivity index (χ2v) is 6.96. The molecule has 0 aliphatic carbocycles. The molecule has 1 aromatic carbocycles. The highest BCUT2D eigenvalue weighted by Crippen LogP contribution is 2.48. The number of phosphoric ester groups is 1. The van der Waals surface area contributed by atoms with Gasteiger partial charge in [0.25, 0.3) is 5.54 Å². The Hall–Kier alpha value is -1.12. The molecule has 0 radical (unpaired) electrons. The first-order chi connectivity index (χ1) is 10.2. The third-order valence-corrected chi connectivity index (χ3v) is 4.81. The maximum atomic E-state index is 10.7. The Bertz CT molecular complexity index is 541. The fourth-order valence-corrected chi connectivity index (χ4v) is 2.81. The number of phosphoric acid groups is 1. The van der Waals surface area contributed by atoms with Crippen LogP contribution in [-0.2, 0) is 13.6 Å². The molecule has 3 N–H and O–H groups in total. The standard InChI is InChI=1S/C7H9NS.C5H10NO6P/c1-9-7-4-2-6(8)3-5-7;1-2-5(6(7)8)3-11-13(9,10)12-4-5/h2-5H,8H2,1H3;2-4H2,1H3,(H,9,10). The SMILES string of the molecule is CCC1([N+](=O)[O-])COP(=O)(O)OC1.CSc1ccc(N)cc1. The Morgan fingerprint density at radius 3 is 2.27 bits per heavy atom. The van der Waals surface area contributed by atoms with Gasteiger partial charge in [0, 0.05) is 21.9 Å². The van der Waals surface area contributed by atoms with Crippen LogP contribution in [0.2, 0.25) is 0 Å². The number of nitrogens with zero attached hydrogens (tertiary/aromatic N) is 1. The number of nitrogen functional groups attached to an aromatic ring is 1. The van der Waals surface area contributed by atoms with Crippen molar-refractivity contribution in [2.24, 2.45) is 0 Å². The van der Waals surface area contributed by atoms with E-state index in [0.29, 0.717) is 0 Å². The number of rotatable bonds is 3. The second-order valence-electron chi connectivity index (χ2n) is 4.62. The normalized spacial score (nSPS) is 27.6. The van der Waals surface area contributed by atoms with Gasteiger partial charge in [-0.05, 0) is 30.5 Å². The fraction of sp³-hybridized carbons (Fsp3) is 0.500. The molecular weight excluding hydrogens is 331 g/mol. The lowest BCUT2D eigenvalue weighted by Gasteiger charge is -2.29. The van der Waals surface area contributed by atoms with Gasteiger partial charge < -0.3 is 10.6 Å². The highest BCUT2D eigenvalue weighted by molar-refractivity contribution is 7.98. The number of benzene rings is 1. The van der Waals surface area contributed by atoms with E-state index in [0.717, 1.165) is 5.69 Å². The predicted octanol–water partition coefficient (Wildman–Crippen LogP) is 2.55. The summed E-state index contributed by atoms with van der Waals surface area (Å²) in [5.41, 5.74) is 4.92. The van der Waals surface area contributed by atoms with Gasteiger partial charge in [-0.2, -0.15) is 0 Å². The molecular formula is C12H19N2O6PS. The zero-order valence-electron chi connectivity index (χ0n) is 12.3. The first-order valence-electron chi connectivity index (χ1n) is 6.40. The molecule has 1 heterocycles. The van der Waals surface area contributed by atoms with Crippen LogP contribution in [0.1, 0.15) is 13.3 Å². The highest BCUT2D eigenvalue weighted by Gasteiger charge is 2.49. The predicted molar refractivity (Wildman–Crippen MR) is 84.4 cm³/mol. The molecule has 2 rings (SSSR count). The van der Waals surface area contributed by atoms with Crippen molar-refractivity contribution in [2.75, 3.05) is 25.2 Å². The molecule has 0 atom stereocenters. The molecule has 0 unspecified atom stereocenters. The fourth-order valence-electron chi connectivity index (χ4n) is 1.52. The Balaban J connectivity index is 0.000000235. The highest BCUT2D eigenvalue weighted by atomic mass is 32.2. The van der Waals surface area contributed by atoms with Crippen molar-refractivity contribution in [2.45, 2.75) is 23.8 Å². The molecule has 8 nitrogen and oxygen atoms in total. The Kier molecular flexibility index (Phi) is 6.83. The quantitative estimate of drug-likeness (QED) is 0.280. The van der Waals surface area contributed by atoms with E-state index < -0.39 is 18.3 Å². The number of nitrogens with two attached hydrogens (primary N) is 1. The lowest BCUT2D eigenvalue weighted by Crippen LogP contribution is -2.48. The van der Waals surface area contributed by atoms with Crippen molar-refractivity contribution in [1.82, 2.24) is 0 Å². The summed E-state index contributed by atoms with van der Waals surface area (Å²) in [6, 6.07) is 7.84. The maximum absolute atomic E-state index is 10.7. The van der Waals surface area contributed by atoms with Gasteiger partial charge in [0.05, 0.1) is 0 Å². The smallest absolute Gasteiger partial charge is 0.399 e. The van der Waals surface area contributed by atoms with E-state index >= 15 is 0 Å². The van der Waals surface area contributed by atoms with Crippen molar-refractivity contribution >= 4 is 25.3 Å². The van der Waals surface area contributed by atoms with Gasteiger partial charge in [0.2, 0.25) is 0 Å². The zero-order chi connectivity index (χ0) is 16.8. The third-order valence-electron chi connectivity index (χ3n) is 3.15. The van der Waals surface area contributed by atoms with E-state index in [9.17, 15) is 14.7 Å². The Morgan fingerprint density at radius 2 is 1.91 bits per heavy atom. The van der Waals surface area contributed by atoms with Gasteiger partial charge in [-0.25, -0.2) is 4.57 Å². The summed E-state index contributed by atoms with van der Waals surface area (Å²) in [4.78, 5) is 20.1. The van der Waals surface area contributed by atoms with Crippen molar-refractivity contribution in [1.29, 1.82) is 0 Å². The number of hydrogen-bond donors (Lipinski definition) is 2. The van der Waals surface area contributed by atoms with Gasteiger partial charge in [-0.3, -0.25) is 19.2 Å². The van der Waals surface area contributed by atoms with E-state index in [4.69, 9.17) is 10.6 Å². The van der Waals surface area contributed by atoms with Crippen LogP contribution < -0.4 is 5.73 Å². The summed E-state index contributed by atoms with van der Waals surface area (Å²) >= 11 is 1.72. The lowest BCUT2D eigenvalue weighted by atomic mass is 10.0. The van der Waals surface area contributed by atoms with Gasteiger partial charge >= 0.3 is 7.82 Å². The molecule has 124 valence electrons. The lowest BCUT2D eigenvalue weighted by molar-refractivity contribution is -0.579. The summed E-state index contributed by atoms with van der Waals surface area (Å²) in [5.74, 6) is 0. The van der Waals surface area contributed by atoms with E-state index in [1.807, 2.05) is 30.5 Å². The molecule has 0 bridgehead atoms. The van der Waals surface area contributed by atoms with Crippen LogP contribution in [0.3, 0.4) is 0 Å². The maximum Gasteiger partial charge on any atom is 0.472 e. The first kappa shape index (κ1) is 18.9. The van der Waals surface area contributed by atoms with E-state index in [1.54, 1.807) is 18.7 Å². The van der Waals surface area contributed by atoms with Crippen LogP contribution in [0.25, 0.3) is 0 Å². The number of anilines is 1. The van der Waals surface area contributed by atoms with Gasteiger partial charge in [-0.1, -0.05) is 6.92 Å². The van der Waals surface area contributed by atoms with Gasteiger partial charge in [0.15, 0.2) is 0 Å². The molecule has 1 aliphatic rings. The average Bonchev–Trinajstić information content (AvgIpc) is 2.49. The molecule has 1 aromatic rings. The Morgan fingerprint density at radius 1 is 1.41 bits per heavy atom. The number of nitro groups is 1. The number of thioether (sulfide) groups is 1. The topological polar surface area (TPSA) is 125 Å². The molecule has 0 aromatic heterocycles. The molecule has 0 spiro atoms. The van der Waals surface area contributed by atoms with Gasteiger partial charge in [-0.15, -0.1) is 11.8 Å². The molecule has 0 saturated carbocycles. The largest absolute Gasteiger partial charge is 0.472 e. The molecule has 0 amide bonds. The Labute approximate surface area is 132 Å². The van der Waals surface area contributed by atoms with E-state index in [-0.39, 0.29) is 19.6 Å². The monoisotopic (exact) mass is 350 g/mol. The van der Waals surface area contributed by atoms with E-state index in [1.165, 1.54) is 4.90 Å². The van der Waals surface area contributed by atoms with Crippen molar-refractivity contribution < 1.29 is 23.4 Å². The summed E-state index contributed by atoms with van der Waals surface area (Å²) in [6.45, 7) is 0.831. The van der Waals surface area contributed by atoms with Gasteiger partial charge in [0.1, 0.15) is 13.2 Å². The van der Waals surface area contributed by atoms with Crippen LogP contribution in [-0.4, -0.2) is 34.8 Å². The molecule has 1 fully saturated rings. The first-order valence-corrected chi connectivity index (χ1v) is 9.12.